The number of hydrogen-bond donors (Lipinski definition) is 0. The minimum Gasteiger partial charge on any atom is -0.298 e. The number of carbonyl (C=O) groups excluding carboxylic acids is 1. The number of carbonyl (C=O) groups is 1. The van der Waals surface area contributed by atoms with E-state index < -0.39 is 0 Å². The summed E-state index contributed by atoms with van der Waals surface area (Å²) in [7, 11) is 0. The van der Waals surface area contributed by atoms with Crippen molar-refractivity contribution in [1.29, 1.82) is 0 Å². The van der Waals surface area contributed by atoms with Gasteiger partial charge in [-0.2, -0.15) is 0 Å². The minimum absolute atomic E-state index is 0.668. The van der Waals surface area contributed by atoms with Gasteiger partial charge in [-0.1, -0.05) is 18.2 Å². The van der Waals surface area contributed by atoms with E-state index in [2.05, 4.69) is 4.98 Å². The fourth-order valence-electron chi connectivity index (χ4n) is 1.16. The van der Waals surface area contributed by atoms with Crippen molar-refractivity contribution in [3.63, 3.8) is 0 Å². The SMILES string of the molecule is O=Cc1ccc2cccnc2c1. The van der Waals surface area contributed by atoms with E-state index in [9.17, 15) is 4.79 Å². The molecule has 58 valence electrons. The molecule has 2 aromatic rings. The van der Waals surface area contributed by atoms with Crippen molar-refractivity contribution in [3.8, 4) is 0 Å². The maximum Gasteiger partial charge on any atom is 0.150 e. The lowest BCUT2D eigenvalue weighted by atomic mass is 10.1. The fraction of sp³-hybridized carbons (Fsp3) is 0. The van der Waals surface area contributed by atoms with Gasteiger partial charge in [-0.15, -0.1) is 0 Å². The van der Waals surface area contributed by atoms with E-state index >= 15 is 0 Å². The Morgan fingerprint density at radius 1 is 1.25 bits per heavy atom. The van der Waals surface area contributed by atoms with Crippen LogP contribution in [-0.4, -0.2) is 11.3 Å². The number of aromatic nitrogens is 1. The molecular weight excluding hydrogens is 150 g/mol. The van der Waals surface area contributed by atoms with Gasteiger partial charge in [0.2, 0.25) is 0 Å². The Kier molecular flexibility index (Phi) is 1.59. The molecule has 1 heterocycles. The summed E-state index contributed by atoms with van der Waals surface area (Å²) in [5.74, 6) is 0. The molecule has 1 aromatic carbocycles. The van der Waals surface area contributed by atoms with Gasteiger partial charge in [0, 0.05) is 17.1 Å². The van der Waals surface area contributed by atoms with Crippen LogP contribution >= 0.6 is 0 Å². The third kappa shape index (κ3) is 1.07. The molecule has 0 aliphatic rings. The highest BCUT2D eigenvalue weighted by Crippen LogP contribution is 2.11. The van der Waals surface area contributed by atoms with Gasteiger partial charge in [-0.25, -0.2) is 0 Å². The van der Waals surface area contributed by atoms with Crippen LogP contribution in [0, 0.1) is 0 Å². The van der Waals surface area contributed by atoms with Gasteiger partial charge in [0.25, 0.3) is 0 Å². The van der Waals surface area contributed by atoms with Crippen LogP contribution < -0.4 is 0 Å². The van der Waals surface area contributed by atoms with Crippen molar-refractivity contribution in [3.05, 3.63) is 42.1 Å². The average Bonchev–Trinajstić information content (AvgIpc) is 2.17. The number of hydrogen-bond acceptors (Lipinski definition) is 2. The first-order valence-corrected chi connectivity index (χ1v) is 3.70. The van der Waals surface area contributed by atoms with Crippen molar-refractivity contribution in [2.24, 2.45) is 0 Å². The van der Waals surface area contributed by atoms with Gasteiger partial charge in [0.1, 0.15) is 6.29 Å². The first kappa shape index (κ1) is 6.98. The zero-order chi connectivity index (χ0) is 8.39. The van der Waals surface area contributed by atoms with Crippen molar-refractivity contribution >= 4 is 17.2 Å². The molecule has 2 heteroatoms. The van der Waals surface area contributed by atoms with Crippen LogP contribution in [-0.2, 0) is 0 Å². The van der Waals surface area contributed by atoms with E-state index in [0.717, 1.165) is 17.2 Å². The lowest BCUT2D eigenvalue weighted by molar-refractivity contribution is 0.112. The third-order valence-electron chi connectivity index (χ3n) is 1.77. The molecular formula is C10H7NO. The van der Waals surface area contributed by atoms with Crippen LogP contribution in [0.3, 0.4) is 0 Å². The molecule has 2 nitrogen and oxygen atoms in total. The molecule has 0 unspecified atom stereocenters. The average molecular weight is 157 g/mol. The first-order chi connectivity index (χ1) is 5.90. The molecule has 0 radical (unpaired) electrons. The van der Waals surface area contributed by atoms with Crippen LogP contribution in [0.15, 0.2) is 36.5 Å². The molecule has 0 saturated heterocycles. The predicted molar refractivity (Wildman–Crippen MR) is 47.1 cm³/mol. The number of aldehydes is 1. The summed E-state index contributed by atoms with van der Waals surface area (Å²) in [6.07, 6.45) is 2.55. The highest BCUT2D eigenvalue weighted by atomic mass is 16.1. The largest absolute Gasteiger partial charge is 0.298 e. The van der Waals surface area contributed by atoms with Gasteiger partial charge in [0.05, 0.1) is 5.52 Å². The summed E-state index contributed by atoms with van der Waals surface area (Å²) in [6, 6.07) is 9.31. The summed E-state index contributed by atoms with van der Waals surface area (Å²) in [6.45, 7) is 0. The van der Waals surface area contributed by atoms with Crippen LogP contribution in [0.1, 0.15) is 10.4 Å². The molecule has 0 bridgehead atoms. The van der Waals surface area contributed by atoms with Crippen molar-refractivity contribution in [2.45, 2.75) is 0 Å². The molecule has 0 atom stereocenters. The van der Waals surface area contributed by atoms with Crippen LogP contribution in [0.4, 0.5) is 0 Å². The Balaban J connectivity index is 2.75. The molecule has 0 amide bonds. The molecule has 2 rings (SSSR count). The zero-order valence-electron chi connectivity index (χ0n) is 6.40. The molecule has 0 spiro atoms. The molecule has 0 saturated carbocycles. The van der Waals surface area contributed by atoms with E-state index in [1.165, 1.54) is 0 Å². The van der Waals surface area contributed by atoms with Gasteiger partial charge in [-0.05, 0) is 12.1 Å². The van der Waals surface area contributed by atoms with Gasteiger partial charge < -0.3 is 0 Å². The minimum atomic E-state index is 0.668. The standard InChI is InChI=1S/C10H7NO/c12-7-8-3-4-9-2-1-5-11-10(9)6-8/h1-7H. The van der Waals surface area contributed by atoms with Crippen LogP contribution in [0.2, 0.25) is 0 Å². The highest BCUT2D eigenvalue weighted by molar-refractivity contribution is 5.86. The van der Waals surface area contributed by atoms with Crippen molar-refractivity contribution < 1.29 is 4.79 Å². The zero-order valence-corrected chi connectivity index (χ0v) is 6.40. The van der Waals surface area contributed by atoms with Crippen LogP contribution in [0.5, 0.6) is 0 Å². The molecule has 0 aliphatic carbocycles. The Morgan fingerprint density at radius 2 is 2.17 bits per heavy atom. The number of fused-ring (bicyclic) bond motifs is 1. The maximum absolute atomic E-state index is 10.4. The molecule has 12 heavy (non-hydrogen) atoms. The van der Waals surface area contributed by atoms with Gasteiger partial charge >= 0.3 is 0 Å². The monoisotopic (exact) mass is 157 g/mol. The summed E-state index contributed by atoms with van der Waals surface area (Å²) in [4.78, 5) is 14.6. The lowest BCUT2D eigenvalue weighted by Gasteiger charge is -1.95. The summed E-state index contributed by atoms with van der Waals surface area (Å²) in [5, 5.41) is 1.06. The molecule has 1 aromatic heterocycles. The number of benzene rings is 1. The summed E-state index contributed by atoms with van der Waals surface area (Å²) >= 11 is 0. The normalized spacial score (nSPS) is 10.0. The van der Waals surface area contributed by atoms with E-state index in [4.69, 9.17) is 0 Å². The third-order valence-corrected chi connectivity index (χ3v) is 1.77. The highest BCUT2D eigenvalue weighted by Gasteiger charge is 1.93. The fourth-order valence-corrected chi connectivity index (χ4v) is 1.16. The maximum atomic E-state index is 10.4. The lowest BCUT2D eigenvalue weighted by Crippen LogP contribution is -1.81. The quantitative estimate of drug-likeness (QED) is 0.593. The van der Waals surface area contributed by atoms with E-state index in [1.54, 1.807) is 18.3 Å². The molecule has 0 aliphatic heterocycles. The summed E-state index contributed by atoms with van der Waals surface area (Å²) < 4.78 is 0. The number of rotatable bonds is 1. The second-order valence-electron chi connectivity index (χ2n) is 2.57. The second kappa shape index (κ2) is 2.74. The number of pyridine rings is 1. The summed E-state index contributed by atoms with van der Waals surface area (Å²) in [5.41, 5.74) is 1.53. The van der Waals surface area contributed by atoms with E-state index in [0.29, 0.717) is 5.56 Å². The molecule has 0 fully saturated rings. The smallest absolute Gasteiger partial charge is 0.150 e. The van der Waals surface area contributed by atoms with Crippen molar-refractivity contribution in [2.75, 3.05) is 0 Å². The van der Waals surface area contributed by atoms with E-state index in [-0.39, 0.29) is 0 Å². The first-order valence-electron chi connectivity index (χ1n) is 3.70. The second-order valence-corrected chi connectivity index (χ2v) is 2.57. The van der Waals surface area contributed by atoms with E-state index in [1.807, 2.05) is 18.2 Å². The van der Waals surface area contributed by atoms with Crippen molar-refractivity contribution in [1.82, 2.24) is 4.98 Å². The topological polar surface area (TPSA) is 30.0 Å². The van der Waals surface area contributed by atoms with Gasteiger partial charge in [-0.3, -0.25) is 9.78 Å². The Morgan fingerprint density at radius 3 is 3.00 bits per heavy atom. The number of nitrogens with zero attached hydrogens (tertiary/aromatic N) is 1. The van der Waals surface area contributed by atoms with Gasteiger partial charge in [0.15, 0.2) is 0 Å². The predicted octanol–water partition coefficient (Wildman–Crippen LogP) is 2.05. The Bertz CT molecular complexity index is 423. The Hall–Kier alpha value is -1.70. The van der Waals surface area contributed by atoms with Crippen LogP contribution in [0.25, 0.3) is 10.9 Å². The molecule has 0 N–H and O–H groups in total. The Labute approximate surface area is 69.9 Å².